The van der Waals surface area contributed by atoms with Gasteiger partial charge in [0.05, 0.1) is 6.61 Å². The van der Waals surface area contributed by atoms with Gasteiger partial charge in [0.25, 0.3) is 0 Å². The lowest BCUT2D eigenvalue weighted by molar-refractivity contribution is -0.131. The molecule has 0 spiro atoms. The number of carboxylic acid groups (broad SMARTS) is 1. The Bertz CT molecular complexity index is 770. The molecule has 1 aliphatic rings. The lowest BCUT2D eigenvalue weighted by Crippen LogP contribution is -2.20. The first-order valence-corrected chi connectivity index (χ1v) is 9.71. The summed E-state index contributed by atoms with van der Waals surface area (Å²) in [5.74, 6) is 1.60. The molecule has 3 nitrogen and oxygen atoms in total. The van der Waals surface area contributed by atoms with Gasteiger partial charge in [-0.25, -0.2) is 4.79 Å². The topological polar surface area (TPSA) is 46.5 Å². The van der Waals surface area contributed by atoms with Crippen LogP contribution in [0.25, 0.3) is 16.8 Å². The first-order chi connectivity index (χ1) is 12.6. The van der Waals surface area contributed by atoms with Crippen molar-refractivity contribution >= 4 is 22.8 Å². The Kier molecular flexibility index (Phi) is 6.32. The van der Waals surface area contributed by atoms with Gasteiger partial charge in [-0.1, -0.05) is 50.8 Å². The van der Waals surface area contributed by atoms with Gasteiger partial charge in [-0.3, -0.25) is 0 Å². The molecule has 0 heterocycles. The standard InChI is InChI=1S/C23H28O3/c1-2-3-17-4-6-19(7-5-17)16-26-22-12-11-20-14-18(9-13-23(24)25)8-10-21(20)15-22/h8-15,17,19H,2-7,16H2,1H3,(H,24,25). The van der Waals surface area contributed by atoms with Crippen LogP contribution >= 0.6 is 0 Å². The zero-order valence-electron chi connectivity index (χ0n) is 15.5. The molecular formula is C23H28O3. The summed E-state index contributed by atoms with van der Waals surface area (Å²) in [6.45, 7) is 3.09. The molecule has 2 aromatic carbocycles. The van der Waals surface area contributed by atoms with Crippen LogP contribution in [0.2, 0.25) is 0 Å². The summed E-state index contributed by atoms with van der Waals surface area (Å²) in [5, 5.41) is 10.9. The summed E-state index contributed by atoms with van der Waals surface area (Å²) < 4.78 is 6.07. The molecule has 26 heavy (non-hydrogen) atoms. The maximum absolute atomic E-state index is 10.6. The van der Waals surface area contributed by atoms with Gasteiger partial charge in [0.2, 0.25) is 0 Å². The SMILES string of the molecule is CCCC1CCC(COc2ccc3cc(C=CC(=O)O)ccc3c2)CC1. The van der Waals surface area contributed by atoms with Crippen molar-refractivity contribution in [2.45, 2.75) is 45.4 Å². The van der Waals surface area contributed by atoms with E-state index >= 15 is 0 Å². The van der Waals surface area contributed by atoms with Crippen LogP contribution in [0.15, 0.2) is 42.5 Å². The van der Waals surface area contributed by atoms with Gasteiger partial charge >= 0.3 is 5.97 Å². The van der Waals surface area contributed by atoms with Crippen LogP contribution in [-0.2, 0) is 4.79 Å². The van der Waals surface area contributed by atoms with E-state index in [-0.39, 0.29) is 0 Å². The molecule has 1 fully saturated rings. The molecule has 0 aromatic heterocycles. The van der Waals surface area contributed by atoms with Crippen LogP contribution < -0.4 is 4.74 Å². The van der Waals surface area contributed by atoms with Crippen molar-refractivity contribution in [3.63, 3.8) is 0 Å². The molecule has 0 saturated heterocycles. The van der Waals surface area contributed by atoms with E-state index in [0.29, 0.717) is 5.92 Å². The van der Waals surface area contributed by atoms with E-state index in [4.69, 9.17) is 9.84 Å². The van der Waals surface area contributed by atoms with E-state index < -0.39 is 5.97 Å². The molecule has 2 aromatic rings. The molecule has 0 aliphatic heterocycles. The minimum atomic E-state index is -0.933. The predicted molar refractivity (Wildman–Crippen MR) is 106 cm³/mol. The van der Waals surface area contributed by atoms with Crippen LogP contribution in [0.3, 0.4) is 0 Å². The summed E-state index contributed by atoms with van der Waals surface area (Å²) in [7, 11) is 0. The highest BCUT2D eigenvalue weighted by Crippen LogP contribution is 2.32. The number of hydrogen-bond donors (Lipinski definition) is 1. The van der Waals surface area contributed by atoms with Crippen molar-refractivity contribution in [3.8, 4) is 5.75 Å². The molecule has 0 radical (unpaired) electrons. The summed E-state index contributed by atoms with van der Waals surface area (Å²) in [5.41, 5.74) is 0.886. The van der Waals surface area contributed by atoms with Crippen molar-refractivity contribution in [1.29, 1.82) is 0 Å². The maximum Gasteiger partial charge on any atom is 0.328 e. The highest BCUT2D eigenvalue weighted by Gasteiger charge is 2.20. The van der Waals surface area contributed by atoms with Gasteiger partial charge in [0.15, 0.2) is 0 Å². The maximum atomic E-state index is 10.6. The number of benzene rings is 2. The number of fused-ring (bicyclic) bond motifs is 1. The molecule has 1 N–H and O–H groups in total. The van der Waals surface area contributed by atoms with Gasteiger partial charge in [-0.05, 0) is 65.3 Å². The minimum absolute atomic E-state index is 0.683. The Morgan fingerprint density at radius 1 is 1.08 bits per heavy atom. The molecule has 3 heteroatoms. The van der Waals surface area contributed by atoms with E-state index in [1.54, 1.807) is 6.08 Å². The largest absolute Gasteiger partial charge is 0.493 e. The van der Waals surface area contributed by atoms with Crippen molar-refractivity contribution < 1.29 is 14.6 Å². The summed E-state index contributed by atoms with van der Waals surface area (Å²) >= 11 is 0. The fourth-order valence-electron chi connectivity index (χ4n) is 3.91. The van der Waals surface area contributed by atoms with E-state index in [1.165, 1.54) is 38.5 Å². The Balaban J connectivity index is 1.57. The van der Waals surface area contributed by atoms with Crippen molar-refractivity contribution in [3.05, 3.63) is 48.0 Å². The molecule has 3 rings (SSSR count). The van der Waals surface area contributed by atoms with Crippen LogP contribution in [0.1, 0.15) is 51.0 Å². The predicted octanol–water partition coefficient (Wildman–Crippen LogP) is 5.92. The molecular weight excluding hydrogens is 324 g/mol. The first-order valence-electron chi connectivity index (χ1n) is 9.71. The highest BCUT2D eigenvalue weighted by atomic mass is 16.5. The molecule has 0 unspecified atom stereocenters. The molecule has 1 saturated carbocycles. The van der Waals surface area contributed by atoms with Crippen LogP contribution in [0.4, 0.5) is 0 Å². The van der Waals surface area contributed by atoms with Crippen LogP contribution in [0.5, 0.6) is 5.75 Å². The quantitative estimate of drug-likeness (QED) is 0.629. The summed E-state index contributed by atoms with van der Waals surface area (Å²) in [4.78, 5) is 10.6. The van der Waals surface area contributed by atoms with Crippen molar-refractivity contribution in [1.82, 2.24) is 0 Å². The smallest absolute Gasteiger partial charge is 0.328 e. The van der Waals surface area contributed by atoms with Gasteiger partial charge < -0.3 is 9.84 Å². The molecule has 0 amide bonds. The normalized spacial score (nSPS) is 20.5. The molecule has 0 atom stereocenters. The number of ether oxygens (including phenoxy) is 1. The first kappa shape index (κ1) is 18.5. The van der Waals surface area contributed by atoms with E-state index in [9.17, 15) is 4.79 Å². The third kappa shape index (κ3) is 5.10. The Morgan fingerprint density at radius 2 is 1.77 bits per heavy atom. The van der Waals surface area contributed by atoms with E-state index in [2.05, 4.69) is 13.0 Å². The highest BCUT2D eigenvalue weighted by molar-refractivity contribution is 5.89. The fraction of sp³-hybridized carbons (Fsp3) is 0.435. The zero-order valence-corrected chi connectivity index (χ0v) is 15.5. The average molecular weight is 352 g/mol. The number of hydrogen-bond acceptors (Lipinski definition) is 2. The monoisotopic (exact) mass is 352 g/mol. The number of aliphatic carboxylic acids is 1. The zero-order chi connectivity index (χ0) is 18.4. The average Bonchev–Trinajstić information content (AvgIpc) is 2.66. The Hall–Kier alpha value is -2.29. The third-order valence-corrected chi connectivity index (χ3v) is 5.40. The number of carbonyl (C=O) groups is 1. The van der Waals surface area contributed by atoms with E-state index in [0.717, 1.165) is 40.7 Å². The van der Waals surface area contributed by atoms with Gasteiger partial charge in [-0.2, -0.15) is 0 Å². The van der Waals surface area contributed by atoms with Crippen LogP contribution in [-0.4, -0.2) is 17.7 Å². The molecule has 0 bridgehead atoms. The van der Waals surface area contributed by atoms with Gasteiger partial charge in [0, 0.05) is 6.08 Å². The summed E-state index contributed by atoms with van der Waals surface area (Å²) in [6.07, 6.45) is 10.7. The lowest BCUT2D eigenvalue weighted by Gasteiger charge is -2.28. The van der Waals surface area contributed by atoms with Crippen LogP contribution in [0, 0.1) is 11.8 Å². The second kappa shape index (κ2) is 8.88. The molecule has 1 aliphatic carbocycles. The third-order valence-electron chi connectivity index (χ3n) is 5.40. The van der Waals surface area contributed by atoms with Crippen molar-refractivity contribution in [2.24, 2.45) is 11.8 Å². The Labute approximate surface area is 155 Å². The fourth-order valence-corrected chi connectivity index (χ4v) is 3.91. The number of rotatable bonds is 7. The van der Waals surface area contributed by atoms with E-state index in [1.807, 2.05) is 30.3 Å². The van der Waals surface area contributed by atoms with Crippen molar-refractivity contribution in [2.75, 3.05) is 6.61 Å². The second-order valence-corrected chi connectivity index (χ2v) is 7.43. The second-order valence-electron chi connectivity index (χ2n) is 7.43. The molecule has 138 valence electrons. The summed E-state index contributed by atoms with van der Waals surface area (Å²) in [6, 6.07) is 12.1. The minimum Gasteiger partial charge on any atom is -0.493 e. The Morgan fingerprint density at radius 3 is 2.50 bits per heavy atom. The number of carboxylic acids is 1. The lowest BCUT2D eigenvalue weighted by atomic mass is 9.80. The van der Waals surface area contributed by atoms with Gasteiger partial charge in [0.1, 0.15) is 5.75 Å². The van der Waals surface area contributed by atoms with Gasteiger partial charge in [-0.15, -0.1) is 0 Å².